The van der Waals surface area contributed by atoms with Gasteiger partial charge in [-0.3, -0.25) is 0 Å². The Morgan fingerprint density at radius 2 is 1.89 bits per heavy atom. The first-order valence-electron chi connectivity index (χ1n) is 5.90. The highest BCUT2D eigenvalue weighted by Crippen LogP contribution is 2.27. The van der Waals surface area contributed by atoms with Gasteiger partial charge in [-0.25, -0.2) is 0 Å². The maximum Gasteiger partial charge on any atom is 0.187 e. The van der Waals surface area contributed by atoms with Gasteiger partial charge in [0.25, 0.3) is 0 Å². The summed E-state index contributed by atoms with van der Waals surface area (Å²) in [4.78, 5) is 0. The molecule has 0 heterocycles. The van der Waals surface area contributed by atoms with Crippen molar-refractivity contribution in [1.29, 1.82) is 5.26 Å². The predicted molar refractivity (Wildman–Crippen MR) is 78.4 cm³/mol. The summed E-state index contributed by atoms with van der Waals surface area (Å²) in [5.74, 6) is 0. The molecule has 1 rings (SSSR count). The Morgan fingerprint density at radius 1 is 1.28 bits per heavy atom. The fourth-order valence-electron chi connectivity index (χ4n) is 1.60. The Labute approximate surface area is 120 Å². The first-order valence-corrected chi connectivity index (χ1v) is 9.77. The summed E-state index contributed by atoms with van der Waals surface area (Å²) in [6.45, 7) is 4.74. The number of rotatable bonds is 6. The second-order valence-corrected chi connectivity index (χ2v) is 9.88. The van der Waals surface area contributed by atoms with Crippen molar-refractivity contribution in [3.63, 3.8) is 0 Å². The molecular formula is C13H17Cl2NOSi. The SMILES string of the molecule is C[Si](C)(CCCC#N)OCc1c(Cl)cccc1Cl. The molecule has 0 spiro atoms. The molecule has 0 aliphatic heterocycles. The van der Waals surface area contributed by atoms with Crippen LogP contribution in [0.15, 0.2) is 18.2 Å². The molecular weight excluding hydrogens is 285 g/mol. The van der Waals surface area contributed by atoms with Gasteiger partial charge in [0.15, 0.2) is 8.32 Å². The zero-order chi connectivity index (χ0) is 13.6. The van der Waals surface area contributed by atoms with Crippen LogP contribution in [0.5, 0.6) is 0 Å². The normalized spacial score (nSPS) is 11.3. The van der Waals surface area contributed by atoms with E-state index < -0.39 is 8.32 Å². The first-order chi connectivity index (χ1) is 8.46. The third kappa shape index (κ3) is 4.99. The maximum absolute atomic E-state index is 8.53. The van der Waals surface area contributed by atoms with Crippen molar-refractivity contribution in [3.8, 4) is 6.07 Å². The van der Waals surface area contributed by atoms with Crippen molar-refractivity contribution >= 4 is 31.5 Å². The minimum absolute atomic E-state index is 0.449. The molecule has 0 fully saturated rings. The molecule has 0 aromatic heterocycles. The van der Waals surface area contributed by atoms with Gasteiger partial charge in [-0.15, -0.1) is 0 Å². The lowest BCUT2D eigenvalue weighted by atomic mass is 10.2. The summed E-state index contributed by atoms with van der Waals surface area (Å²) in [7, 11) is -1.74. The van der Waals surface area contributed by atoms with Gasteiger partial charge in [-0.1, -0.05) is 29.3 Å². The van der Waals surface area contributed by atoms with Crippen LogP contribution < -0.4 is 0 Å². The zero-order valence-electron chi connectivity index (χ0n) is 10.7. The number of benzene rings is 1. The van der Waals surface area contributed by atoms with E-state index in [0.717, 1.165) is 18.0 Å². The van der Waals surface area contributed by atoms with Crippen LogP contribution in [0.25, 0.3) is 0 Å². The molecule has 2 nitrogen and oxygen atoms in total. The summed E-state index contributed by atoms with van der Waals surface area (Å²) in [6, 6.07) is 8.59. The van der Waals surface area contributed by atoms with Gasteiger partial charge < -0.3 is 4.43 Å². The lowest BCUT2D eigenvalue weighted by Gasteiger charge is -2.23. The molecule has 5 heteroatoms. The molecule has 0 N–H and O–H groups in total. The Morgan fingerprint density at radius 3 is 2.44 bits per heavy atom. The van der Waals surface area contributed by atoms with Gasteiger partial charge in [-0.2, -0.15) is 5.26 Å². The van der Waals surface area contributed by atoms with Crippen LogP contribution in [-0.2, 0) is 11.0 Å². The molecule has 98 valence electrons. The van der Waals surface area contributed by atoms with Crippen LogP contribution in [0.3, 0.4) is 0 Å². The van der Waals surface area contributed by atoms with E-state index in [-0.39, 0.29) is 0 Å². The average molecular weight is 302 g/mol. The van der Waals surface area contributed by atoms with E-state index in [0.29, 0.717) is 23.1 Å². The Kier molecular flexibility index (Phi) is 6.17. The van der Waals surface area contributed by atoms with E-state index >= 15 is 0 Å². The van der Waals surface area contributed by atoms with E-state index in [2.05, 4.69) is 19.2 Å². The van der Waals surface area contributed by atoms with Crippen LogP contribution in [0.4, 0.5) is 0 Å². The first kappa shape index (κ1) is 15.5. The highest BCUT2D eigenvalue weighted by molar-refractivity contribution is 6.71. The van der Waals surface area contributed by atoms with E-state index in [1.54, 1.807) is 0 Å². The summed E-state index contributed by atoms with van der Waals surface area (Å²) >= 11 is 12.2. The molecule has 0 aliphatic rings. The highest BCUT2D eigenvalue weighted by atomic mass is 35.5. The standard InChI is InChI=1S/C13H17Cl2NOSi/c1-18(2,9-4-3-8-16)17-10-11-12(14)6-5-7-13(11)15/h5-7H,3-4,9-10H2,1-2H3. The fourth-order valence-corrected chi connectivity index (χ4v) is 3.82. The van der Waals surface area contributed by atoms with Gasteiger partial charge in [0.2, 0.25) is 0 Å². The maximum atomic E-state index is 8.53. The summed E-state index contributed by atoms with van der Waals surface area (Å²) in [5, 5.41) is 9.82. The second kappa shape index (κ2) is 7.15. The Bertz CT molecular complexity index is 423. The van der Waals surface area contributed by atoms with E-state index in [1.807, 2.05) is 18.2 Å². The van der Waals surface area contributed by atoms with Crippen LogP contribution in [0.2, 0.25) is 29.2 Å². The zero-order valence-corrected chi connectivity index (χ0v) is 13.2. The molecule has 0 bridgehead atoms. The summed E-state index contributed by atoms with van der Waals surface area (Å²) in [5.41, 5.74) is 0.849. The third-order valence-corrected chi connectivity index (χ3v) is 5.93. The Hall–Kier alpha value is -0.533. The summed E-state index contributed by atoms with van der Waals surface area (Å²) < 4.78 is 5.98. The van der Waals surface area contributed by atoms with E-state index in [4.69, 9.17) is 32.9 Å². The van der Waals surface area contributed by atoms with Crippen molar-refractivity contribution in [2.45, 2.75) is 38.6 Å². The van der Waals surface area contributed by atoms with Gasteiger partial charge >= 0.3 is 0 Å². The van der Waals surface area contributed by atoms with E-state index in [1.165, 1.54) is 0 Å². The molecule has 0 radical (unpaired) electrons. The second-order valence-electron chi connectivity index (χ2n) is 4.76. The smallest absolute Gasteiger partial charge is 0.187 e. The molecule has 1 aromatic carbocycles. The van der Waals surface area contributed by atoms with Crippen LogP contribution >= 0.6 is 23.2 Å². The monoisotopic (exact) mass is 301 g/mol. The lowest BCUT2D eigenvalue weighted by Crippen LogP contribution is -2.29. The minimum atomic E-state index is -1.74. The molecule has 0 unspecified atom stereocenters. The van der Waals surface area contributed by atoms with Gasteiger partial charge in [0.05, 0.1) is 12.7 Å². The summed E-state index contributed by atoms with van der Waals surface area (Å²) in [6.07, 6.45) is 1.48. The average Bonchev–Trinajstić information content (AvgIpc) is 2.28. The van der Waals surface area contributed by atoms with Crippen LogP contribution in [-0.4, -0.2) is 8.32 Å². The lowest BCUT2D eigenvalue weighted by molar-refractivity contribution is 0.294. The predicted octanol–water partition coefficient (Wildman–Crippen LogP) is 5.02. The third-order valence-electron chi connectivity index (χ3n) is 2.74. The highest BCUT2D eigenvalue weighted by Gasteiger charge is 2.22. The van der Waals surface area contributed by atoms with Crippen LogP contribution in [0, 0.1) is 11.3 Å². The fraction of sp³-hybridized carbons (Fsp3) is 0.462. The van der Waals surface area contributed by atoms with Gasteiger partial charge in [0.1, 0.15) is 0 Å². The quantitative estimate of drug-likeness (QED) is 0.546. The Balaban J connectivity index is 2.56. The number of unbranched alkanes of at least 4 members (excludes halogenated alkanes) is 1. The van der Waals surface area contributed by atoms with Crippen LogP contribution in [0.1, 0.15) is 18.4 Å². The number of hydrogen-bond acceptors (Lipinski definition) is 2. The van der Waals surface area contributed by atoms with Gasteiger partial charge in [0, 0.05) is 22.0 Å². The van der Waals surface area contributed by atoms with E-state index in [9.17, 15) is 0 Å². The molecule has 0 aliphatic carbocycles. The van der Waals surface area contributed by atoms with Crippen molar-refractivity contribution in [1.82, 2.24) is 0 Å². The minimum Gasteiger partial charge on any atom is -0.413 e. The van der Waals surface area contributed by atoms with Gasteiger partial charge in [-0.05, 0) is 37.7 Å². The van der Waals surface area contributed by atoms with Crippen molar-refractivity contribution in [2.24, 2.45) is 0 Å². The number of nitrogens with zero attached hydrogens (tertiary/aromatic N) is 1. The topological polar surface area (TPSA) is 33.0 Å². The molecule has 0 saturated carbocycles. The molecule has 0 amide bonds. The van der Waals surface area contributed by atoms with Crippen molar-refractivity contribution in [2.75, 3.05) is 0 Å². The number of nitriles is 1. The van der Waals surface area contributed by atoms with Crippen molar-refractivity contribution in [3.05, 3.63) is 33.8 Å². The molecule has 0 saturated heterocycles. The molecule has 0 atom stereocenters. The number of hydrogen-bond donors (Lipinski definition) is 0. The molecule has 1 aromatic rings. The molecule has 18 heavy (non-hydrogen) atoms. The number of halogens is 2. The largest absolute Gasteiger partial charge is 0.413 e. The van der Waals surface area contributed by atoms with Crippen molar-refractivity contribution < 1.29 is 4.43 Å².